The zero-order valence-corrected chi connectivity index (χ0v) is 19.5. The van der Waals surface area contributed by atoms with E-state index in [9.17, 15) is 13.7 Å². The molecule has 2 aliphatic heterocycles. The second kappa shape index (κ2) is 9.00. The van der Waals surface area contributed by atoms with Crippen molar-refractivity contribution < 1.29 is 17.9 Å². The number of aromatic nitrogens is 3. The van der Waals surface area contributed by atoms with Gasteiger partial charge in [-0.1, -0.05) is 0 Å². The van der Waals surface area contributed by atoms with Crippen LogP contribution in [0.4, 0.5) is 23.1 Å². The van der Waals surface area contributed by atoms with Gasteiger partial charge in [-0.05, 0) is 31.4 Å². The van der Waals surface area contributed by atoms with Gasteiger partial charge in [0.1, 0.15) is 23.3 Å². The van der Waals surface area contributed by atoms with Crippen molar-refractivity contribution in [2.45, 2.75) is 25.3 Å². The lowest BCUT2D eigenvalue weighted by Crippen LogP contribution is -2.28. The van der Waals surface area contributed by atoms with Crippen LogP contribution in [-0.2, 0) is 14.8 Å². The summed E-state index contributed by atoms with van der Waals surface area (Å²) in [5.41, 5.74) is 2.14. The van der Waals surface area contributed by atoms with Gasteiger partial charge in [-0.3, -0.25) is 4.31 Å². The number of methoxy groups -OCH3 is 1. The minimum Gasteiger partial charge on any atom is -0.494 e. The summed E-state index contributed by atoms with van der Waals surface area (Å²) < 4.78 is 37.0. The van der Waals surface area contributed by atoms with E-state index in [0.29, 0.717) is 71.7 Å². The Morgan fingerprint density at radius 2 is 2.12 bits per heavy atom. The van der Waals surface area contributed by atoms with Gasteiger partial charge < -0.3 is 25.1 Å². The molecule has 12 heteroatoms. The molecule has 0 bridgehead atoms. The summed E-state index contributed by atoms with van der Waals surface area (Å²) in [5, 5.41) is 16.8. The molecule has 0 aliphatic carbocycles. The number of anilines is 4. The SMILES string of the molecule is COc1cc(N2CCCS2(=O)=O)ccc1Nc1nc(NC2CCOCC2)c2c(C#N)c[nH]c2n1. The number of hydrogen-bond acceptors (Lipinski definition) is 9. The highest BCUT2D eigenvalue weighted by Crippen LogP contribution is 2.35. The number of ether oxygens (including phenoxy) is 2. The van der Waals surface area contributed by atoms with Crippen LogP contribution in [0.1, 0.15) is 24.8 Å². The van der Waals surface area contributed by atoms with Crippen molar-refractivity contribution >= 4 is 44.2 Å². The molecule has 0 unspecified atom stereocenters. The van der Waals surface area contributed by atoms with E-state index in [1.807, 2.05) is 0 Å². The molecular formula is C22H25N7O4S. The fourth-order valence-electron chi connectivity index (χ4n) is 4.31. The monoisotopic (exact) mass is 483 g/mol. The number of benzene rings is 1. The van der Waals surface area contributed by atoms with Crippen molar-refractivity contribution in [1.82, 2.24) is 15.0 Å². The summed E-state index contributed by atoms with van der Waals surface area (Å²) in [6, 6.07) is 7.53. The molecule has 2 saturated heterocycles. The number of hydrogen-bond donors (Lipinski definition) is 3. The van der Waals surface area contributed by atoms with Gasteiger partial charge in [0.05, 0.1) is 35.2 Å². The first-order valence-corrected chi connectivity index (χ1v) is 12.7. The summed E-state index contributed by atoms with van der Waals surface area (Å²) >= 11 is 0. The number of nitrogens with one attached hydrogen (secondary N) is 3. The molecule has 34 heavy (non-hydrogen) atoms. The maximum absolute atomic E-state index is 12.3. The van der Waals surface area contributed by atoms with E-state index in [0.717, 1.165) is 12.8 Å². The Bertz CT molecular complexity index is 1360. The Kier molecular flexibility index (Phi) is 5.89. The lowest BCUT2D eigenvalue weighted by Gasteiger charge is -2.24. The maximum atomic E-state index is 12.3. The number of fused-ring (bicyclic) bond motifs is 1. The van der Waals surface area contributed by atoms with Crippen molar-refractivity contribution in [3.05, 3.63) is 30.0 Å². The van der Waals surface area contributed by atoms with Crippen molar-refractivity contribution in [3.8, 4) is 11.8 Å². The van der Waals surface area contributed by atoms with Gasteiger partial charge in [0.15, 0.2) is 0 Å². The molecule has 0 saturated carbocycles. The molecule has 1 aromatic carbocycles. The Morgan fingerprint density at radius 1 is 1.29 bits per heavy atom. The molecule has 5 rings (SSSR count). The smallest absolute Gasteiger partial charge is 0.235 e. The molecule has 4 heterocycles. The first-order chi connectivity index (χ1) is 16.5. The standard InChI is InChI=1S/C22H25N7O4S/c1-32-18-11-16(29-7-2-10-34(29,30)31)3-4-17(18)26-22-27-20-19(14(12-23)13-24-20)21(28-22)25-15-5-8-33-9-6-15/h3-4,11,13,15H,2,5-10H2,1H3,(H3,24,25,26,27,28). The van der Waals surface area contributed by atoms with E-state index in [2.05, 4.69) is 31.7 Å². The second-order valence-electron chi connectivity index (χ2n) is 8.22. The van der Waals surface area contributed by atoms with E-state index in [1.54, 1.807) is 24.4 Å². The molecule has 2 fully saturated rings. The lowest BCUT2D eigenvalue weighted by molar-refractivity contribution is 0.0904. The fraction of sp³-hybridized carbons (Fsp3) is 0.409. The fourth-order valence-corrected chi connectivity index (χ4v) is 5.86. The van der Waals surface area contributed by atoms with E-state index in [4.69, 9.17) is 9.47 Å². The highest BCUT2D eigenvalue weighted by molar-refractivity contribution is 7.93. The van der Waals surface area contributed by atoms with Crippen LogP contribution in [0.15, 0.2) is 24.4 Å². The highest BCUT2D eigenvalue weighted by Gasteiger charge is 2.29. The minimum absolute atomic E-state index is 0.146. The number of nitrogens with zero attached hydrogens (tertiary/aromatic N) is 4. The van der Waals surface area contributed by atoms with Crippen molar-refractivity contribution in [2.24, 2.45) is 0 Å². The number of aromatic amines is 1. The normalized spacial score (nSPS) is 18.1. The first-order valence-electron chi connectivity index (χ1n) is 11.1. The Morgan fingerprint density at radius 3 is 2.82 bits per heavy atom. The van der Waals surface area contributed by atoms with Gasteiger partial charge in [0.25, 0.3) is 0 Å². The molecule has 0 amide bonds. The molecule has 3 aromatic rings. The third-order valence-corrected chi connectivity index (χ3v) is 7.90. The van der Waals surface area contributed by atoms with Crippen LogP contribution < -0.4 is 19.7 Å². The molecule has 0 spiro atoms. The molecule has 2 aromatic heterocycles. The molecule has 0 atom stereocenters. The van der Waals surface area contributed by atoms with Crippen LogP contribution in [0.5, 0.6) is 5.75 Å². The van der Waals surface area contributed by atoms with Gasteiger partial charge in [0.2, 0.25) is 16.0 Å². The topological polar surface area (TPSA) is 145 Å². The summed E-state index contributed by atoms with van der Waals surface area (Å²) in [6.07, 6.45) is 3.90. The van der Waals surface area contributed by atoms with E-state index in [1.165, 1.54) is 11.4 Å². The Hall–Kier alpha value is -3.56. The third kappa shape index (κ3) is 4.20. The maximum Gasteiger partial charge on any atom is 0.235 e. The summed E-state index contributed by atoms with van der Waals surface area (Å²) in [4.78, 5) is 12.2. The molecule has 0 radical (unpaired) electrons. The summed E-state index contributed by atoms with van der Waals surface area (Å²) in [6.45, 7) is 1.80. The average Bonchev–Trinajstić information content (AvgIpc) is 3.42. The number of rotatable bonds is 6. The number of sulfonamides is 1. The number of nitriles is 1. The van der Waals surface area contributed by atoms with Crippen molar-refractivity contribution in [2.75, 3.05) is 47.6 Å². The van der Waals surface area contributed by atoms with E-state index in [-0.39, 0.29) is 11.8 Å². The van der Waals surface area contributed by atoms with E-state index < -0.39 is 10.0 Å². The molecular weight excluding hydrogens is 458 g/mol. The van der Waals surface area contributed by atoms with E-state index >= 15 is 0 Å². The Labute approximate surface area is 197 Å². The third-order valence-electron chi connectivity index (χ3n) is 6.03. The van der Waals surface area contributed by atoms with Crippen LogP contribution in [0, 0.1) is 11.3 Å². The second-order valence-corrected chi connectivity index (χ2v) is 10.2. The predicted octanol–water partition coefficient (Wildman–Crippen LogP) is 2.71. The van der Waals surface area contributed by atoms with Gasteiger partial charge in [0, 0.05) is 38.1 Å². The molecule has 2 aliphatic rings. The summed E-state index contributed by atoms with van der Waals surface area (Å²) in [5.74, 6) is 1.49. The minimum atomic E-state index is -3.30. The van der Waals surface area contributed by atoms with Gasteiger partial charge in [-0.15, -0.1) is 0 Å². The van der Waals surface area contributed by atoms with Crippen LogP contribution in [0.3, 0.4) is 0 Å². The van der Waals surface area contributed by atoms with Gasteiger partial charge in [-0.25, -0.2) is 8.42 Å². The van der Waals surface area contributed by atoms with Crippen LogP contribution in [0.2, 0.25) is 0 Å². The van der Waals surface area contributed by atoms with Gasteiger partial charge >= 0.3 is 0 Å². The van der Waals surface area contributed by atoms with Crippen molar-refractivity contribution in [3.63, 3.8) is 0 Å². The molecule has 11 nitrogen and oxygen atoms in total. The molecule has 3 N–H and O–H groups in total. The van der Waals surface area contributed by atoms with Crippen LogP contribution in [-0.4, -0.2) is 62.0 Å². The first kappa shape index (κ1) is 22.2. The number of H-pyrrole nitrogens is 1. The van der Waals surface area contributed by atoms with Gasteiger partial charge in [-0.2, -0.15) is 15.2 Å². The zero-order chi connectivity index (χ0) is 23.7. The molecule has 178 valence electrons. The zero-order valence-electron chi connectivity index (χ0n) is 18.7. The quantitative estimate of drug-likeness (QED) is 0.482. The van der Waals surface area contributed by atoms with Crippen molar-refractivity contribution in [1.29, 1.82) is 5.26 Å². The van der Waals surface area contributed by atoms with Crippen LogP contribution >= 0.6 is 0 Å². The largest absolute Gasteiger partial charge is 0.494 e. The highest BCUT2D eigenvalue weighted by atomic mass is 32.2. The van der Waals surface area contributed by atoms with Crippen LogP contribution in [0.25, 0.3) is 11.0 Å². The lowest BCUT2D eigenvalue weighted by atomic mass is 10.1. The Balaban J connectivity index is 1.48. The predicted molar refractivity (Wildman–Crippen MR) is 128 cm³/mol. The average molecular weight is 484 g/mol. The summed E-state index contributed by atoms with van der Waals surface area (Å²) in [7, 11) is -1.77.